The Balaban J connectivity index is 2.19. The predicted octanol–water partition coefficient (Wildman–Crippen LogP) is 2.53. The van der Waals surface area contributed by atoms with Gasteiger partial charge in [0.1, 0.15) is 0 Å². The quantitative estimate of drug-likeness (QED) is 0.740. The molecule has 1 saturated heterocycles. The van der Waals surface area contributed by atoms with Gasteiger partial charge in [-0.15, -0.1) is 0 Å². The van der Waals surface area contributed by atoms with Gasteiger partial charge in [-0.05, 0) is 37.5 Å². The summed E-state index contributed by atoms with van der Waals surface area (Å²) in [6.45, 7) is 7.91. The van der Waals surface area contributed by atoms with Gasteiger partial charge in [-0.1, -0.05) is 17.7 Å². The average Bonchev–Trinajstić information content (AvgIpc) is 2.63. The normalized spacial score (nSPS) is 17.3. The molecule has 0 saturated carbocycles. The lowest BCUT2D eigenvalue weighted by Crippen LogP contribution is -2.13. The van der Waals surface area contributed by atoms with Crippen molar-refractivity contribution in [3.8, 4) is 0 Å². The third kappa shape index (κ3) is 2.39. The first-order chi connectivity index (χ1) is 7.16. The molecule has 15 heavy (non-hydrogen) atoms. The molecular weight excluding hydrogens is 188 g/mol. The van der Waals surface area contributed by atoms with Crippen molar-refractivity contribution in [3.05, 3.63) is 34.4 Å². The highest BCUT2D eigenvalue weighted by Gasteiger charge is 2.18. The van der Waals surface area contributed by atoms with Crippen molar-refractivity contribution in [3.63, 3.8) is 0 Å². The molecule has 1 aliphatic rings. The second-order valence-electron chi connectivity index (χ2n) is 4.25. The Labute approximate surface area is 91.2 Å². The average molecular weight is 206 g/mol. The van der Waals surface area contributed by atoms with Crippen molar-refractivity contribution in [2.75, 3.05) is 13.2 Å². The lowest BCUT2D eigenvalue weighted by atomic mass is 9.97. The number of hydrogen-bond acceptors (Lipinski definition) is 2. The van der Waals surface area contributed by atoms with E-state index in [1.165, 1.54) is 22.3 Å². The highest BCUT2D eigenvalue weighted by molar-refractivity contribution is 5.37. The van der Waals surface area contributed by atoms with Crippen LogP contribution in [0, 0.1) is 20.8 Å². The molecule has 82 valence electrons. The van der Waals surface area contributed by atoms with E-state index in [1.54, 1.807) is 0 Å². The molecule has 0 unspecified atom stereocenters. The molecule has 0 radical (unpaired) electrons. The minimum Gasteiger partial charge on any atom is -0.350 e. The van der Waals surface area contributed by atoms with Crippen LogP contribution in [0.4, 0.5) is 0 Å². The zero-order valence-corrected chi connectivity index (χ0v) is 9.67. The second kappa shape index (κ2) is 4.33. The van der Waals surface area contributed by atoms with Gasteiger partial charge in [0.05, 0.1) is 13.2 Å². The Bertz CT molecular complexity index is 329. The molecule has 0 aromatic heterocycles. The highest BCUT2D eigenvalue weighted by atomic mass is 16.7. The van der Waals surface area contributed by atoms with E-state index in [0.717, 1.165) is 19.6 Å². The lowest BCUT2D eigenvalue weighted by molar-refractivity contribution is -0.0401. The molecule has 0 amide bonds. The minimum absolute atomic E-state index is 0.0369. The van der Waals surface area contributed by atoms with Crippen LogP contribution in [0.2, 0.25) is 0 Å². The summed E-state index contributed by atoms with van der Waals surface area (Å²) < 4.78 is 10.9. The Hall–Kier alpha value is -0.860. The molecule has 2 nitrogen and oxygen atoms in total. The zero-order chi connectivity index (χ0) is 10.8. The van der Waals surface area contributed by atoms with E-state index < -0.39 is 0 Å². The van der Waals surface area contributed by atoms with Crippen molar-refractivity contribution >= 4 is 0 Å². The summed E-state index contributed by atoms with van der Waals surface area (Å²) in [5.74, 6) is 0. The van der Waals surface area contributed by atoms with Crippen LogP contribution in [0.5, 0.6) is 0 Å². The van der Waals surface area contributed by atoms with Crippen molar-refractivity contribution in [2.24, 2.45) is 0 Å². The molecule has 1 aliphatic heterocycles. The fourth-order valence-electron chi connectivity index (χ4n) is 2.22. The summed E-state index contributed by atoms with van der Waals surface area (Å²) in [6.07, 6.45) is 0.836. The van der Waals surface area contributed by atoms with E-state index >= 15 is 0 Å². The van der Waals surface area contributed by atoms with Gasteiger partial charge in [-0.2, -0.15) is 0 Å². The maximum atomic E-state index is 5.47. The summed E-state index contributed by atoms with van der Waals surface area (Å²) in [5.41, 5.74) is 5.37. The van der Waals surface area contributed by atoms with Crippen molar-refractivity contribution in [1.82, 2.24) is 0 Å². The molecule has 1 aromatic rings. The van der Waals surface area contributed by atoms with E-state index in [9.17, 15) is 0 Å². The molecule has 1 fully saturated rings. The minimum atomic E-state index is -0.0369. The van der Waals surface area contributed by atoms with Gasteiger partial charge >= 0.3 is 0 Å². The van der Waals surface area contributed by atoms with Gasteiger partial charge in [0.15, 0.2) is 6.29 Å². The van der Waals surface area contributed by atoms with Crippen LogP contribution in [0.15, 0.2) is 12.1 Å². The second-order valence-corrected chi connectivity index (χ2v) is 4.25. The van der Waals surface area contributed by atoms with Gasteiger partial charge in [0, 0.05) is 6.42 Å². The van der Waals surface area contributed by atoms with Crippen molar-refractivity contribution in [2.45, 2.75) is 33.5 Å². The summed E-state index contributed by atoms with van der Waals surface area (Å²) in [6, 6.07) is 4.44. The summed E-state index contributed by atoms with van der Waals surface area (Å²) >= 11 is 0. The Morgan fingerprint density at radius 2 is 1.60 bits per heavy atom. The van der Waals surface area contributed by atoms with Crippen LogP contribution < -0.4 is 0 Å². The third-order valence-electron chi connectivity index (χ3n) is 2.90. The first-order valence-corrected chi connectivity index (χ1v) is 5.47. The molecule has 0 bridgehead atoms. The summed E-state index contributed by atoms with van der Waals surface area (Å²) in [4.78, 5) is 0. The van der Waals surface area contributed by atoms with Crippen molar-refractivity contribution < 1.29 is 9.47 Å². The number of hydrogen-bond donors (Lipinski definition) is 0. The fourth-order valence-corrected chi connectivity index (χ4v) is 2.22. The Kier molecular flexibility index (Phi) is 3.08. The van der Waals surface area contributed by atoms with Gasteiger partial charge in [0.2, 0.25) is 0 Å². The summed E-state index contributed by atoms with van der Waals surface area (Å²) in [5, 5.41) is 0. The van der Waals surface area contributed by atoms with Crippen LogP contribution in [0.3, 0.4) is 0 Å². The number of aryl methyl sites for hydroxylation is 3. The van der Waals surface area contributed by atoms with E-state index in [4.69, 9.17) is 9.47 Å². The first-order valence-electron chi connectivity index (χ1n) is 5.47. The zero-order valence-electron chi connectivity index (χ0n) is 9.67. The van der Waals surface area contributed by atoms with Crippen LogP contribution in [-0.4, -0.2) is 19.5 Å². The Morgan fingerprint density at radius 3 is 2.13 bits per heavy atom. The Morgan fingerprint density at radius 1 is 1.07 bits per heavy atom. The molecule has 2 rings (SSSR count). The fraction of sp³-hybridized carbons (Fsp3) is 0.538. The molecule has 0 atom stereocenters. The number of ether oxygens (including phenoxy) is 2. The first kappa shape index (κ1) is 10.7. The van der Waals surface area contributed by atoms with Gasteiger partial charge in [-0.25, -0.2) is 0 Å². The molecule has 1 aromatic carbocycles. The van der Waals surface area contributed by atoms with E-state index in [-0.39, 0.29) is 6.29 Å². The lowest BCUT2D eigenvalue weighted by Gasteiger charge is -2.14. The maximum absolute atomic E-state index is 5.47. The van der Waals surface area contributed by atoms with Gasteiger partial charge in [0.25, 0.3) is 0 Å². The molecule has 0 aliphatic carbocycles. The molecule has 2 heteroatoms. The van der Waals surface area contributed by atoms with Crippen LogP contribution >= 0.6 is 0 Å². The predicted molar refractivity (Wildman–Crippen MR) is 60.0 cm³/mol. The monoisotopic (exact) mass is 206 g/mol. The number of rotatable bonds is 2. The molecular formula is C13H18O2. The molecule has 0 N–H and O–H groups in total. The van der Waals surface area contributed by atoms with Gasteiger partial charge < -0.3 is 9.47 Å². The largest absolute Gasteiger partial charge is 0.350 e. The molecule has 0 spiro atoms. The topological polar surface area (TPSA) is 18.5 Å². The highest BCUT2D eigenvalue weighted by Crippen LogP contribution is 2.20. The van der Waals surface area contributed by atoms with Crippen molar-refractivity contribution in [1.29, 1.82) is 0 Å². The van der Waals surface area contributed by atoms with E-state index in [1.807, 2.05) is 0 Å². The van der Waals surface area contributed by atoms with Crippen LogP contribution in [0.1, 0.15) is 22.3 Å². The smallest absolute Gasteiger partial charge is 0.161 e. The molecule has 1 heterocycles. The van der Waals surface area contributed by atoms with Crippen LogP contribution in [0.25, 0.3) is 0 Å². The van der Waals surface area contributed by atoms with E-state index in [0.29, 0.717) is 0 Å². The van der Waals surface area contributed by atoms with Crippen LogP contribution in [-0.2, 0) is 15.9 Å². The standard InChI is InChI=1S/C13H18O2/c1-9-6-10(2)12(11(3)7-9)8-13-14-4-5-15-13/h6-7,13H,4-5,8H2,1-3H3. The summed E-state index contributed by atoms with van der Waals surface area (Å²) in [7, 11) is 0. The third-order valence-corrected chi connectivity index (χ3v) is 2.90. The SMILES string of the molecule is Cc1cc(C)c(CC2OCCO2)c(C)c1. The van der Waals surface area contributed by atoms with Gasteiger partial charge in [-0.3, -0.25) is 0 Å². The maximum Gasteiger partial charge on any atom is 0.161 e. The number of benzene rings is 1. The van der Waals surface area contributed by atoms with E-state index in [2.05, 4.69) is 32.9 Å².